The number of hydrogen-bond acceptors (Lipinski definition) is 3. The number of nitrogens with zero attached hydrogens (tertiary/aromatic N) is 1. The van der Waals surface area contributed by atoms with Crippen molar-refractivity contribution in [3.63, 3.8) is 0 Å². The first-order chi connectivity index (χ1) is 6.59. The van der Waals surface area contributed by atoms with Gasteiger partial charge in [-0.25, -0.2) is 4.79 Å². The Labute approximate surface area is 82.2 Å². The molecule has 0 bridgehead atoms. The Morgan fingerprint density at radius 2 is 2.29 bits per heavy atom. The normalized spacial score (nSPS) is 23.0. The summed E-state index contributed by atoms with van der Waals surface area (Å²) >= 11 is 0. The molecule has 5 nitrogen and oxygen atoms in total. The molecule has 14 heavy (non-hydrogen) atoms. The summed E-state index contributed by atoms with van der Waals surface area (Å²) in [4.78, 5) is 23.0. The summed E-state index contributed by atoms with van der Waals surface area (Å²) in [5.41, 5.74) is 5.16. The van der Waals surface area contributed by atoms with Gasteiger partial charge in [-0.15, -0.1) is 0 Å². The van der Waals surface area contributed by atoms with Crippen molar-refractivity contribution >= 4 is 11.9 Å². The van der Waals surface area contributed by atoms with Gasteiger partial charge in [-0.3, -0.25) is 9.69 Å². The maximum Gasteiger partial charge on any atom is 0.328 e. The van der Waals surface area contributed by atoms with Gasteiger partial charge < -0.3 is 10.8 Å². The van der Waals surface area contributed by atoms with Crippen LogP contribution in [0.15, 0.2) is 12.2 Å². The van der Waals surface area contributed by atoms with Crippen LogP contribution in [-0.2, 0) is 9.59 Å². The first kappa shape index (κ1) is 10.7. The molecule has 1 saturated heterocycles. The Balaban J connectivity index is 2.29. The number of carboxylic acids is 1. The Kier molecular flexibility index (Phi) is 3.64. The molecular weight excluding hydrogens is 184 g/mol. The summed E-state index contributed by atoms with van der Waals surface area (Å²) in [7, 11) is 0. The minimum atomic E-state index is -0.948. The number of hydrogen-bond donors (Lipinski definition) is 2. The quantitative estimate of drug-likeness (QED) is 0.593. The van der Waals surface area contributed by atoms with E-state index in [1.165, 1.54) is 0 Å². The molecule has 3 N–H and O–H groups in total. The van der Waals surface area contributed by atoms with Crippen LogP contribution in [0.25, 0.3) is 0 Å². The van der Waals surface area contributed by atoms with Crippen molar-refractivity contribution in [3.8, 4) is 0 Å². The highest BCUT2D eigenvalue weighted by Gasteiger charge is 2.25. The molecular formula is C9H14N2O3. The minimum absolute atomic E-state index is 0.0757. The van der Waals surface area contributed by atoms with E-state index in [0.29, 0.717) is 13.1 Å². The van der Waals surface area contributed by atoms with Crippen LogP contribution in [0.3, 0.4) is 0 Å². The molecule has 5 heteroatoms. The van der Waals surface area contributed by atoms with Crippen LogP contribution in [0, 0.1) is 5.92 Å². The van der Waals surface area contributed by atoms with E-state index in [2.05, 4.69) is 0 Å². The Morgan fingerprint density at radius 1 is 1.57 bits per heavy atom. The van der Waals surface area contributed by atoms with Crippen LogP contribution in [0.4, 0.5) is 0 Å². The van der Waals surface area contributed by atoms with Gasteiger partial charge in [0.25, 0.3) is 0 Å². The van der Waals surface area contributed by atoms with Crippen molar-refractivity contribution in [2.24, 2.45) is 11.7 Å². The number of carbonyl (C=O) groups is 2. The molecule has 0 spiro atoms. The Morgan fingerprint density at radius 3 is 2.79 bits per heavy atom. The lowest BCUT2D eigenvalue weighted by Crippen LogP contribution is -2.27. The number of primary amides is 1. The van der Waals surface area contributed by atoms with Crippen LogP contribution >= 0.6 is 0 Å². The highest BCUT2D eigenvalue weighted by Crippen LogP contribution is 2.14. The number of carbonyl (C=O) groups excluding carboxylic acids is 1. The molecule has 0 saturated carbocycles. The van der Waals surface area contributed by atoms with Gasteiger partial charge in [0.2, 0.25) is 5.91 Å². The third-order valence-electron chi connectivity index (χ3n) is 2.30. The summed E-state index contributed by atoms with van der Waals surface area (Å²) in [6.07, 6.45) is 3.46. The molecule has 0 aromatic heterocycles. The lowest BCUT2D eigenvalue weighted by atomic mass is 10.1. The van der Waals surface area contributed by atoms with Gasteiger partial charge in [0.1, 0.15) is 0 Å². The van der Waals surface area contributed by atoms with Crippen molar-refractivity contribution in [2.45, 2.75) is 6.42 Å². The van der Waals surface area contributed by atoms with E-state index in [4.69, 9.17) is 10.8 Å². The third-order valence-corrected chi connectivity index (χ3v) is 2.30. The van der Waals surface area contributed by atoms with Crippen molar-refractivity contribution in [2.75, 3.05) is 19.6 Å². The maximum absolute atomic E-state index is 10.8. The second-order valence-corrected chi connectivity index (χ2v) is 3.39. The molecule has 1 unspecified atom stereocenters. The monoisotopic (exact) mass is 198 g/mol. The zero-order chi connectivity index (χ0) is 10.6. The lowest BCUT2D eigenvalue weighted by Gasteiger charge is -2.11. The van der Waals surface area contributed by atoms with Crippen LogP contribution in [-0.4, -0.2) is 41.5 Å². The number of likely N-dealkylation sites (tertiary alicyclic amines) is 1. The summed E-state index contributed by atoms with van der Waals surface area (Å²) in [6, 6.07) is 0. The van der Waals surface area contributed by atoms with E-state index in [9.17, 15) is 9.59 Å². The molecule has 1 fully saturated rings. The van der Waals surface area contributed by atoms with Gasteiger partial charge in [0.15, 0.2) is 0 Å². The fourth-order valence-electron chi connectivity index (χ4n) is 1.53. The van der Waals surface area contributed by atoms with E-state index in [1.807, 2.05) is 4.90 Å². The summed E-state index contributed by atoms with van der Waals surface area (Å²) in [5, 5.41) is 8.35. The molecule has 0 aromatic carbocycles. The molecule has 0 aliphatic carbocycles. The smallest absolute Gasteiger partial charge is 0.328 e. The fraction of sp³-hybridized carbons (Fsp3) is 0.556. The number of rotatable bonds is 4. The van der Waals surface area contributed by atoms with Crippen LogP contribution in [0.1, 0.15) is 6.42 Å². The zero-order valence-electron chi connectivity index (χ0n) is 7.85. The lowest BCUT2D eigenvalue weighted by molar-refractivity contribution is -0.131. The van der Waals surface area contributed by atoms with Crippen molar-refractivity contribution < 1.29 is 14.7 Å². The Hall–Kier alpha value is -1.36. The van der Waals surface area contributed by atoms with Gasteiger partial charge in [-0.05, 0) is 13.0 Å². The zero-order valence-corrected chi connectivity index (χ0v) is 7.85. The molecule has 0 aromatic rings. The standard InChI is InChI=1S/C9H14N2O3/c10-9(14)7-3-5-11(6-7)4-1-2-8(12)13/h1-2,7H,3-6H2,(H2,10,14)(H,12,13)/b2-1+. The van der Waals surface area contributed by atoms with Crippen LogP contribution < -0.4 is 5.73 Å². The molecule has 0 radical (unpaired) electrons. The average molecular weight is 198 g/mol. The van der Waals surface area contributed by atoms with Crippen molar-refractivity contribution in [3.05, 3.63) is 12.2 Å². The molecule has 1 aliphatic rings. The van der Waals surface area contributed by atoms with Gasteiger partial charge in [0.05, 0.1) is 5.92 Å². The maximum atomic E-state index is 10.8. The second-order valence-electron chi connectivity index (χ2n) is 3.39. The topological polar surface area (TPSA) is 83.6 Å². The van der Waals surface area contributed by atoms with Gasteiger partial charge >= 0.3 is 5.97 Å². The molecule has 1 heterocycles. The number of amides is 1. The van der Waals surface area contributed by atoms with Crippen LogP contribution in [0.2, 0.25) is 0 Å². The van der Waals surface area contributed by atoms with E-state index < -0.39 is 5.97 Å². The first-order valence-corrected chi connectivity index (χ1v) is 4.50. The van der Waals surface area contributed by atoms with Gasteiger partial charge in [-0.1, -0.05) is 6.08 Å². The molecule has 1 aliphatic heterocycles. The molecule has 78 valence electrons. The van der Waals surface area contributed by atoms with E-state index >= 15 is 0 Å². The fourth-order valence-corrected chi connectivity index (χ4v) is 1.53. The number of nitrogens with two attached hydrogens (primary N) is 1. The van der Waals surface area contributed by atoms with Crippen molar-refractivity contribution in [1.29, 1.82) is 0 Å². The SMILES string of the molecule is NC(=O)C1CCN(C/C=C/C(=O)O)C1. The largest absolute Gasteiger partial charge is 0.478 e. The average Bonchev–Trinajstić information content (AvgIpc) is 2.52. The minimum Gasteiger partial charge on any atom is -0.478 e. The second kappa shape index (κ2) is 4.76. The highest BCUT2D eigenvalue weighted by molar-refractivity contribution is 5.79. The van der Waals surface area contributed by atoms with Crippen molar-refractivity contribution in [1.82, 2.24) is 4.90 Å². The molecule has 1 atom stereocenters. The van der Waals surface area contributed by atoms with E-state index in [-0.39, 0.29) is 11.8 Å². The molecule has 1 rings (SSSR count). The summed E-state index contributed by atoms with van der Waals surface area (Å²) in [6.45, 7) is 2.01. The molecule has 1 amide bonds. The van der Waals surface area contributed by atoms with Crippen LogP contribution in [0.5, 0.6) is 0 Å². The third kappa shape index (κ3) is 3.18. The number of aliphatic carboxylic acids is 1. The summed E-state index contributed by atoms with van der Waals surface area (Å²) in [5.74, 6) is -1.29. The van der Waals surface area contributed by atoms with Gasteiger partial charge in [0, 0.05) is 19.2 Å². The predicted molar refractivity (Wildman–Crippen MR) is 50.5 cm³/mol. The number of carboxylic acid groups (broad SMARTS) is 1. The van der Waals surface area contributed by atoms with E-state index in [0.717, 1.165) is 19.0 Å². The van der Waals surface area contributed by atoms with E-state index in [1.54, 1.807) is 6.08 Å². The Bertz CT molecular complexity index is 263. The highest BCUT2D eigenvalue weighted by atomic mass is 16.4. The van der Waals surface area contributed by atoms with Gasteiger partial charge in [-0.2, -0.15) is 0 Å². The predicted octanol–water partition coefficient (Wildman–Crippen LogP) is -0.566. The summed E-state index contributed by atoms with van der Waals surface area (Å²) < 4.78 is 0. The first-order valence-electron chi connectivity index (χ1n) is 4.50.